The van der Waals surface area contributed by atoms with Crippen molar-refractivity contribution in [1.82, 2.24) is 0 Å². The molecule has 0 aliphatic carbocycles. The van der Waals surface area contributed by atoms with Crippen LogP contribution in [0, 0.1) is 5.82 Å². The molecule has 2 rings (SSSR count). The first kappa shape index (κ1) is 13.4. The molecule has 2 aromatic rings. The Morgan fingerprint density at radius 2 is 1.89 bits per heavy atom. The van der Waals surface area contributed by atoms with Gasteiger partial charge in [-0.2, -0.15) is 0 Å². The van der Waals surface area contributed by atoms with Crippen molar-refractivity contribution in [2.75, 3.05) is 17.2 Å². The monoisotopic (exact) mass is 278 g/mol. The lowest BCUT2D eigenvalue weighted by Crippen LogP contribution is -2.21. The zero-order valence-corrected chi connectivity index (χ0v) is 10.7. The SMILES string of the molecule is O=C(CNc1ccccc1)Nc1ccc(F)cc1Cl. The lowest BCUT2D eigenvalue weighted by molar-refractivity contribution is -0.114. The average Bonchev–Trinajstić information content (AvgIpc) is 2.41. The van der Waals surface area contributed by atoms with Crippen LogP contribution in [-0.4, -0.2) is 12.5 Å². The molecule has 0 aliphatic heterocycles. The van der Waals surface area contributed by atoms with Gasteiger partial charge in [0.2, 0.25) is 5.91 Å². The lowest BCUT2D eigenvalue weighted by Gasteiger charge is -2.09. The number of hydrogen-bond acceptors (Lipinski definition) is 2. The molecule has 0 heterocycles. The molecule has 0 bridgehead atoms. The molecule has 1 amide bonds. The number of nitrogens with one attached hydrogen (secondary N) is 2. The van der Waals surface area contributed by atoms with Crippen molar-refractivity contribution >= 4 is 28.9 Å². The van der Waals surface area contributed by atoms with Crippen molar-refractivity contribution in [3.63, 3.8) is 0 Å². The summed E-state index contributed by atoms with van der Waals surface area (Å²) in [4.78, 5) is 11.7. The molecule has 0 saturated heterocycles. The molecule has 0 spiro atoms. The third-order valence-corrected chi connectivity index (χ3v) is 2.74. The van der Waals surface area contributed by atoms with E-state index in [9.17, 15) is 9.18 Å². The van der Waals surface area contributed by atoms with Gasteiger partial charge in [0.25, 0.3) is 0 Å². The number of halogens is 2. The Kier molecular flexibility index (Phi) is 4.36. The minimum atomic E-state index is -0.439. The van der Waals surface area contributed by atoms with Gasteiger partial charge in [-0.15, -0.1) is 0 Å². The number of para-hydroxylation sites is 1. The van der Waals surface area contributed by atoms with E-state index in [2.05, 4.69) is 10.6 Å². The Hall–Kier alpha value is -2.07. The van der Waals surface area contributed by atoms with E-state index in [1.807, 2.05) is 30.3 Å². The summed E-state index contributed by atoms with van der Waals surface area (Å²) >= 11 is 5.82. The third kappa shape index (κ3) is 3.96. The van der Waals surface area contributed by atoms with Gasteiger partial charge in [-0.3, -0.25) is 4.79 Å². The van der Waals surface area contributed by atoms with Crippen LogP contribution in [0.4, 0.5) is 15.8 Å². The molecule has 5 heteroatoms. The third-order valence-electron chi connectivity index (χ3n) is 2.43. The topological polar surface area (TPSA) is 41.1 Å². The lowest BCUT2D eigenvalue weighted by atomic mass is 10.3. The maximum atomic E-state index is 12.8. The van der Waals surface area contributed by atoms with Crippen LogP contribution >= 0.6 is 11.6 Å². The van der Waals surface area contributed by atoms with Crippen LogP contribution in [0.2, 0.25) is 5.02 Å². The molecular weight excluding hydrogens is 267 g/mol. The van der Waals surface area contributed by atoms with Gasteiger partial charge in [-0.1, -0.05) is 29.8 Å². The van der Waals surface area contributed by atoms with Gasteiger partial charge in [-0.05, 0) is 30.3 Å². The van der Waals surface area contributed by atoms with Crippen LogP contribution < -0.4 is 10.6 Å². The molecule has 3 nitrogen and oxygen atoms in total. The number of hydrogen-bond donors (Lipinski definition) is 2. The summed E-state index contributed by atoms with van der Waals surface area (Å²) < 4.78 is 12.8. The van der Waals surface area contributed by atoms with Crippen LogP contribution in [0.1, 0.15) is 0 Å². The summed E-state index contributed by atoms with van der Waals surface area (Å²) in [5.74, 6) is -0.692. The molecule has 0 fully saturated rings. The van der Waals surface area contributed by atoms with Gasteiger partial charge < -0.3 is 10.6 Å². The molecule has 0 aliphatic rings. The standard InChI is InChI=1S/C14H12ClFN2O/c15-12-8-10(16)6-7-13(12)18-14(19)9-17-11-4-2-1-3-5-11/h1-8,17H,9H2,(H,18,19). The first-order valence-electron chi connectivity index (χ1n) is 5.69. The first-order valence-corrected chi connectivity index (χ1v) is 6.07. The summed E-state index contributed by atoms with van der Waals surface area (Å²) in [7, 11) is 0. The fourth-order valence-electron chi connectivity index (χ4n) is 1.52. The van der Waals surface area contributed by atoms with E-state index >= 15 is 0 Å². The number of carbonyl (C=O) groups is 1. The highest BCUT2D eigenvalue weighted by molar-refractivity contribution is 6.33. The predicted octanol–water partition coefficient (Wildman–Crippen LogP) is 3.53. The summed E-state index contributed by atoms with van der Waals surface area (Å²) in [6.07, 6.45) is 0. The second kappa shape index (κ2) is 6.20. The van der Waals surface area contributed by atoms with Gasteiger partial charge >= 0.3 is 0 Å². The zero-order chi connectivity index (χ0) is 13.7. The number of benzene rings is 2. The largest absolute Gasteiger partial charge is 0.376 e. The Labute approximate surface area is 115 Å². The van der Waals surface area contributed by atoms with Crippen molar-refractivity contribution in [3.05, 3.63) is 59.4 Å². The van der Waals surface area contributed by atoms with Crippen molar-refractivity contribution in [3.8, 4) is 0 Å². The molecule has 0 aromatic heterocycles. The van der Waals surface area contributed by atoms with Crippen LogP contribution in [0.3, 0.4) is 0 Å². The van der Waals surface area contributed by atoms with Gasteiger partial charge in [0.1, 0.15) is 5.82 Å². The van der Waals surface area contributed by atoms with Crippen LogP contribution in [0.25, 0.3) is 0 Å². The van der Waals surface area contributed by atoms with Gasteiger partial charge in [-0.25, -0.2) is 4.39 Å². The summed E-state index contributed by atoms with van der Waals surface area (Å²) in [6.45, 7) is 0.109. The molecule has 2 aromatic carbocycles. The number of amides is 1. The van der Waals surface area contributed by atoms with Gasteiger partial charge in [0.05, 0.1) is 17.3 Å². The van der Waals surface area contributed by atoms with Crippen molar-refractivity contribution in [1.29, 1.82) is 0 Å². The van der Waals surface area contributed by atoms with Crippen LogP contribution in [-0.2, 0) is 4.79 Å². The second-order valence-electron chi connectivity index (χ2n) is 3.89. The van der Waals surface area contributed by atoms with Crippen molar-refractivity contribution in [2.24, 2.45) is 0 Å². The fraction of sp³-hybridized carbons (Fsp3) is 0.0714. The normalized spacial score (nSPS) is 10.0. The zero-order valence-electron chi connectivity index (χ0n) is 9.99. The molecule has 2 N–H and O–H groups in total. The van der Waals surface area contributed by atoms with Crippen molar-refractivity contribution < 1.29 is 9.18 Å². The number of carbonyl (C=O) groups excluding carboxylic acids is 1. The molecule has 0 radical (unpaired) electrons. The number of anilines is 2. The van der Waals surface area contributed by atoms with E-state index in [0.717, 1.165) is 11.8 Å². The molecular formula is C14H12ClFN2O. The Morgan fingerprint density at radius 1 is 1.16 bits per heavy atom. The molecule has 19 heavy (non-hydrogen) atoms. The highest BCUT2D eigenvalue weighted by Crippen LogP contribution is 2.22. The number of rotatable bonds is 4. The Morgan fingerprint density at radius 3 is 2.58 bits per heavy atom. The van der Waals surface area contributed by atoms with E-state index in [0.29, 0.717) is 5.69 Å². The summed E-state index contributed by atoms with van der Waals surface area (Å²) in [5.41, 5.74) is 1.24. The molecule has 0 unspecified atom stereocenters. The predicted molar refractivity (Wildman–Crippen MR) is 75.0 cm³/mol. The van der Waals surface area contributed by atoms with Gasteiger partial charge in [0.15, 0.2) is 0 Å². The van der Waals surface area contributed by atoms with E-state index in [1.165, 1.54) is 12.1 Å². The molecule has 98 valence electrons. The average molecular weight is 279 g/mol. The quantitative estimate of drug-likeness (QED) is 0.898. The first-order chi connectivity index (χ1) is 9.15. The van der Waals surface area contributed by atoms with E-state index in [1.54, 1.807) is 0 Å². The van der Waals surface area contributed by atoms with Gasteiger partial charge in [0, 0.05) is 5.69 Å². The Balaban J connectivity index is 1.91. The highest BCUT2D eigenvalue weighted by atomic mass is 35.5. The fourth-order valence-corrected chi connectivity index (χ4v) is 1.74. The second-order valence-corrected chi connectivity index (χ2v) is 4.30. The van der Waals surface area contributed by atoms with E-state index < -0.39 is 5.82 Å². The minimum absolute atomic E-state index is 0.109. The van der Waals surface area contributed by atoms with Crippen LogP contribution in [0.5, 0.6) is 0 Å². The van der Waals surface area contributed by atoms with Crippen LogP contribution in [0.15, 0.2) is 48.5 Å². The Bertz CT molecular complexity index is 575. The summed E-state index contributed by atoms with van der Waals surface area (Å²) in [5, 5.41) is 5.75. The molecule has 0 atom stereocenters. The van der Waals surface area contributed by atoms with Crippen molar-refractivity contribution in [2.45, 2.75) is 0 Å². The van der Waals surface area contributed by atoms with E-state index in [-0.39, 0.29) is 17.5 Å². The van der Waals surface area contributed by atoms with E-state index in [4.69, 9.17) is 11.6 Å². The summed E-state index contributed by atoms with van der Waals surface area (Å²) in [6, 6.07) is 13.2. The maximum Gasteiger partial charge on any atom is 0.243 e. The highest BCUT2D eigenvalue weighted by Gasteiger charge is 2.06. The minimum Gasteiger partial charge on any atom is -0.376 e. The smallest absolute Gasteiger partial charge is 0.243 e. The molecule has 0 saturated carbocycles. The maximum absolute atomic E-state index is 12.8.